The van der Waals surface area contributed by atoms with Crippen molar-refractivity contribution < 1.29 is 5.11 Å². The maximum atomic E-state index is 9.90. The Bertz CT molecular complexity index is 510. The van der Waals surface area contributed by atoms with Gasteiger partial charge in [-0.3, -0.25) is 0 Å². The highest BCUT2D eigenvalue weighted by Crippen LogP contribution is 2.35. The third-order valence-corrected chi connectivity index (χ3v) is 3.50. The Morgan fingerprint density at radius 3 is 2.80 bits per heavy atom. The molecule has 1 aromatic carbocycles. The number of aryl methyl sites for hydroxylation is 1. The van der Waals surface area contributed by atoms with Gasteiger partial charge in [-0.2, -0.15) is 0 Å². The van der Waals surface area contributed by atoms with Crippen molar-refractivity contribution in [2.75, 3.05) is 5.73 Å². The van der Waals surface area contributed by atoms with Crippen molar-refractivity contribution in [1.82, 2.24) is 4.98 Å². The Labute approximate surface area is 105 Å². The van der Waals surface area contributed by atoms with Crippen LogP contribution >= 0.6 is 33.9 Å². The fraction of sp³-hybridized carbons (Fsp3) is 0.100. The average molecular weight is 332 g/mol. The summed E-state index contributed by atoms with van der Waals surface area (Å²) >= 11 is 3.48. The Balaban J connectivity index is 2.62. The SMILES string of the molecule is Cc1cc(I)c(O)c(-c2csc(N)n2)c1. The van der Waals surface area contributed by atoms with Gasteiger partial charge in [0, 0.05) is 10.9 Å². The van der Waals surface area contributed by atoms with Crippen LogP contribution in [0.15, 0.2) is 17.5 Å². The summed E-state index contributed by atoms with van der Waals surface area (Å²) in [7, 11) is 0. The highest BCUT2D eigenvalue weighted by molar-refractivity contribution is 14.1. The van der Waals surface area contributed by atoms with E-state index in [4.69, 9.17) is 5.73 Å². The van der Waals surface area contributed by atoms with Crippen LogP contribution in [0.3, 0.4) is 0 Å². The van der Waals surface area contributed by atoms with E-state index in [0.717, 1.165) is 20.4 Å². The van der Waals surface area contributed by atoms with E-state index >= 15 is 0 Å². The number of nitrogen functional groups attached to an aromatic ring is 1. The van der Waals surface area contributed by atoms with Crippen LogP contribution in [0.2, 0.25) is 0 Å². The Kier molecular flexibility index (Phi) is 2.83. The van der Waals surface area contributed by atoms with E-state index in [2.05, 4.69) is 27.6 Å². The second kappa shape index (κ2) is 3.97. The Morgan fingerprint density at radius 2 is 2.20 bits per heavy atom. The summed E-state index contributed by atoms with van der Waals surface area (Å²) in [6.45, 7) is 1.99. The zero-order valence-corrected chi connectivity index (χ0v) is 11.0. The van der Waals surface area contributed by atoms with Crippen molar-refractivity contribution in [1.29, 1.82) is 0 Å². The van der Waals surface area contributed by atoms with Crippen molar-refractivity contribution in [3.8, 4) is 17.0 Å². The van der Waals surface area contributed by atoms with Gasteiger partial charge in [0.05, 0.1) is 9.26 Å². The molecule has 0 spiro atoms. The van der Waals surface area contributed by atoms with E-state index in [0.29, 0.717) is 5.13 Å². The predicted octanol–water partition coefficient (Wildman–Crippen LogP) is 3.01. The number of halogens is 1. The number of phenolic OH excluding ortho intramolecular Hbond substituents is 1. The summed E-state index contributed by atoms with van der Waals surface area (Å²) in [5.41, 5.74) is 8.14. The van der Waals surface area contributed by atoms with Gasteiger partial charge in [-0.05, 0) is 47.2 Å². The number of hydrogen-bond donors (Lipinski definition) is 2. The van der Waals surface area contributed by atoms with Crippen LogP contribution in [-0.2, 0) is 0 Å². The van der Waals surface area contributed by atoms with Gasteiger partial charge in [-0.25, -0.2) is 4.98 Å². The largest absolute Gasteiger partial charge is 0.506 e. The molecule has 3 nitrogen and oxygen atoms in total. The molecule has 1 heterocycles. The lowest BCUT2D eigenvalue weighted by atomic mass is 10.1. The molecule has 0 unspecified atom stereocenters. The zero-order chi connectivity index (χ0) is 11.0. The maximum absolute atomic E-state index is 9.90. The van der Waals surface area contributed by atoms with E-state index < -0.39 is 0 Å². The topological polar surface area (TPSA) is 59.1 Å². The first kappa shape index (κ1) is 10.7. The molecule has 0 aliphatic carbocycles. The van der Waals surface area contributed by atoms with Crippen LogP contribution in [0, 0.1) is 10.5 Å². The van der Waals surface area contributed by atoms with E-state index in [1.165, 1.54) is 11.3 Å². The van der Waals surface area contributed by atoms with Crippen molar-refractivity contribution in [2.24, 2.45) is 0 Å². The number of thiazole rings is 1. The molecule has 0 aliphatic heterocycles. The highest BCUT2D eigenvalue weighted by atomic mass is 127. The molecule has 5 heteroatoms. The van der Waals surface area contributed by atoms with Crippen LogP contribution in [0.4, 0.5) is 5.13 Å². The quantitative estimate of drug-likeness (QED) is 0.790. The molecule has 0 fully saturated rings. The lowest BCUT2D eigenvalue weighted by Gasteiger charge is -2.05. The molecule has 2 aromatic rings. The number of hydrogen-bond acceptors (Lipinski definition) is 4. The van der Waals surface area contributed by atoms with Crippen LogP contribution in [0.5, 0.6) is 5.75 Å². The van der Waals surface area contributed by atoms with E-state index in [9.17, 15) is 5.11 Å². The Morgan fingerprint density at radius 1 is 1.47 bits per heavy atom. The molecular formula is C10H9IN2OS. The lowest BCUT2D eigenvalue weighted by molar-refractivity contribution is 0.473. The highest BCUT2D eigenvalue weighted by Gasteiger charge is 2.11. The molecule has 0 amide bonds. The van der Waals surface area contributed by atoms with Gasteiger partial charge >= 0.3 is 0 Å². The maximum Gasteiger partial charge on any atom is 0.180 e. The molecule has 78 valence electrons. The van der Waals surface area contributed by atoms with Crippen molar-refractivity contribution in [3.63, 3.8) is 0 Å². The third kappa shape index (κ3) is 2.07. The number of anilines is 1. The monoisotopic (exact) mass is 332 g/mol. The second-order valence-electron chi connectivity index (χ2n) is 3.21. The molecule has 0 bridgehead atoms. The number of phenols is 1. The number of benzene rings is 1. The third-order valence-electron chi connectivity index (χ3n) is 2.01. The zero-order valence-electron chi connectivity index (χ0n) is 7.99. The average Bonchev–Trinajstić information content (AvgIpc) is 2.58. The fourth-order valence-electron chi connectivity index (χ4n) is 1.34. The first-order valence-electron chi connectivity index (χ1n) is 4.28. The standard InChI is InChI=1S/C10H9IN2OS/c1-5-2-6(9(14)7(11)3-5)8-4-15-10(12)13-8/h2-4,14H,1H3,(H2,12,13). The number of rotatable bonds is 1. The minimum atomic E-state index is 0.270. The van der Waals surface area contributed by atoms with Gasteiger partial charge in [-0.1, -0.05) is 0 Å². The summed E-state index contributed by atoms with van der Waals surface area (Å²) in [5.74, 6) is 0.270. The smallest absolute Gasteiger partial charge is 0.180 e. The summed E-state index contributed by atoms with van der Waals surface area (Å²) in [6, 6.07) is 3.83. The molecule has 0 aliphatic rings. The first-order chi connectivity index (χ1) is 7.08. The van der Waals surface area contributed by atoms with Crippen LogP contribution in [-0.4, -0.2) is 10.1 Å². The summed E-state index contributed by atoms with van der Waals surface area (Å²) < 4.78 is 0.828. The van der Waals surface area contributed by atoms with E-state index in [-0.39, 0.29) is 5.75 Å². The molecule has 3 N–H and O–H groups in total. The molecule has 15 heavy (non-hydrogen) atoms. The van der Waals surface area contributed by atoms with E-state index in [1.807, 2.05) is 24.4 Å². The first-order valence-corrected chi connectivity index (χ1v) is 6.24. The van der Waals surface area contributed by atoms with Gasteiger partial charge < -0.3 is 10.8 Å². The summed E-state index contributed by atoms with van der Waals surface area (Å²) in [5, 5.41) is 12.3. The number of aromatic hydroxyl groups is 1. The number of aromatic nitrogens is 1. The number of nitrogens with zero attached hydrogens (tertiary/aromatic N) is 1. The Hall–Kier alpha value is -0.820. The van der Waals surface area contributed by atoms with Gasteiger partial charge in [-0.15, -0.1) is 11.3 Å². The normalized spacial score (nSPS) is 10.5. The minimum absolute atomic E-state index is 0.270. The van der Waals surface area contributed by atoms with Crippen molar-refractivity contribution in [3.05, 3.63) is 26.6 Å². The second-order valence-corrected chi connectivity index (χ2v) is 5.27. The fourth-order valence-corrected chi connectivity index (χ4v) is 2.69. The van der Waals surface area contributed by atoms with Gasteiger partial charge in [0.15, 0.2) is 5.13 Å². The van der Waals surface area contributed by atoms with E-state index in [1.54, 1.807) is 0 Å². The van der Waals surface area contributed by atoms with Crippen LogP contribution in [0.1, 0.15) is 5.56 Å². The van der Waals surface area contributed by atoms with Gasteiger partial charge in [0.25, 0.3) is 0 Å². The van der Waals surface area contributed by atoms with Gasteiger partial charge in [0.2, 0.25) is 0 Å². The van der Waals surface area contributed by atoms with Crippen LogP contribution < -0.4 is 5.73 Å². The van der Waals surface area contributed by atoms with Crippen molar-refractivity contribution in [2.45, 2.75) is 6.92 Å². The van der Waals surface area contributed by atoms with Gasteiger partial charge in [0.1, 0.15) is 5.75 Å². The number of nitrogens with two attached hydrogens (primary N) is 1. The molecule has 0 atom stereocenters. The molecular weight excluding hydrogens is 323 g/mol. The van der Waals surface area contributed by atoms with Crippen molar-refractivity contribution >= 4 is 39.1 Å². The summed E-state index contributed by atoms with van der Waals surface area (Å²) in [4.78, 5) is 4.16. The lowest BCUT2D eigenvalue weighted by Crippen LogP contribution is -1.87. The minimum Gasteiger partial charge on any atom is -0.506 e. The molecule has 1 aromatic heterocycles. The predicted molar refractivity (Wildman–Crippen MR) is 71.1 cm³/mol. The summed E-state index contributed by atoms with van der Waals surface area (Å²) in [6.07, 6.45) is 0. The molecule has 2 rings (SSSR count). The van der Waals surface area contributed by atoms with Crippen LogP contribution in [0.25, 0.3) is 11.3 Å². The molecule has 0 saturated carbocycles. The molecule has 0 saturated heterocycles. The molecule has 0 radical (unpaired) electrons.